The Morgan fingerprint density at radius 2 is 1.81 bits per heavy atom. The van der Waals surface area contributed by atoms with Crippen molar-refractivity contribution < 1.29 is 13.6 Å². The number of carbonyl (C=O) groups excluding carboxylic acids is 1. The molecule has 2 N–H and O–H groups in total. The molecule has 0 bridgehead atoms. The fourth-order valence-corrected chi connectivity index (χ4v) is 3.10. The summed E-state index contributed by atoms with van der Waals surface area (Å²) in [7, 11) is 3.45. The monoisotopic (exact) mass is 357 g/mol. The topological polar surface area (TPSA) is 48.1 Å². The highest BCUT2D eigenvalue weighted by Crippen LogP contribution is 2.24. The van der Waals surface area contributed by atoms with Crippen molar-refractivity contribution in [3.63, 3.8) is 0 Å². The number of nitrogens with one attached hydrogen (secondary N) is 2. The minimum Gasteiger partial charge on any atom is -0.361 e. The molecule has 26 heavy (non-hydrogen) atoms. The third kappa shape index (κ3) is 3.75. The Balaban J connectivity index is 1.70. The van der Waals surface area contributed by atoms with Crippen molar-refractivity contribution in [1.29, 1.82) is 0 Å². The maximum Gasteiger partial charge on any atom is 0.224 e. The summed E-state index contributed by atoms with van der Waals surface area (Å²) in [6, 6.07) is 10.9. The second-order valence-electron chi connectivity index (χ2n) is 6.46. The lowest BCUT2D eigenvalue weighted by Gasteiger charge is -2.25. The zero-order valence-electron chi connectivity index (χ0n) is 14.7. The molecule has 1 heterocycles. The van der Waals surface area contributed by atoms with Gasteiger partial charge in [0.15, 0.2) is 0 Å². The van der Waals surface area contributed by atoms with Crippen LogP contribution in [0.5, 0.6) is 0 Å². The second-order valence-corrected chi connectivity index (χ2v) is 6.46. The summed E-state index contributed by atoms with van der Waals surface area (Å²) in [6.07, 6.45) is 2.01. The van der Waals surface area contributed by atoms with Crippen LogP contribution in [0, 0.1) is 11.6 Å². The first-order valence-electron chi connectivity index (χ1n) is 8.39. The van der Waals surface area contributed by atoms with E-state index >= 15 is 0 Å². The van der Waals surface area contributed by atoms with Gasteiger partial charge in [-0.25, -0.2) is 8.78 Å². The third-order valence-corrected chi connectivity index (χ3v) is 4.47. The molecular formula is C20H21F2N3O. The van der Waals surface area contributed by atoms with E-state index in [1.807, 2.05) is 30.5 Å². The van der Waals surface area contributed by atoms with Crippen molar-refractivity contribution in [2.45, 2.75) is 12.5 Å². The first kappa shape index (κ1) is 18.1. The van der Waals surface area contributed by atoms with Crippen LogP contribution in [-0.4, -0.2) is 36.4 Å². The van der Waals surface area contributed by atoms with Gasteiger partial charge in [-0.05, 0) is 37.9 Å². The maximum absolute atomic E-state index is 14.1. The molecule has 0 fully saturated rings. The zero-order chi connectivity index (χ0) is 18.7. The zero-order valence-corrected chi connectivity index (χ0v) is 14.7. The van der Waals surface area contributed by atoms with Gasteiger partial charge in [0.25, 0.3) is 0 Å². The van der Waals surface area contributed by atoms with Crippen molar-refractivity contribution in [2.24, 2.45) is 0 Å². The van der Waals surface area contributed by atoms with E-state index < -0.39 is 17.7 Å². The van der Waals surface area contributed by atoms with E-state index in [0.29, 0.717) is 0 Å². The van der Waals surface area contributed by atoms with Crippen molar-refractivity contribution in [3.8, 4) is 0 Å². The summed E-state index contributed by atoms with van der Waals surface area (Å²) < 4.78 is 28.2. The molecular weight excluding hydrogens is 336 g/mol. The predicted octanol–water partition coefficient (Wildman–Crippen LogP) is 3.41. The number of aromatic nitrogens is 1. The number of halogens is 2. The molecule has 0 spiro atoms. The van der Waals surface area contributed by atoms with Crippen molar-refractivity contribution in [1.82, 2.24) is 15.2 Å². The van der Waals surface area contributed by atoms with Gasteiger partial charge >= 0.3 is 0 Å². The SMILES string of the molecule is CN(C)C(CNC(=O)Cc1c[nH]c2ccccc12)c1c(F)cccc1F. The number of rotatable bonds is 6. The summed E-state index contributed by atoms with van der Waals surface area (Å²) in [4.78, 5) is 17.2. The van der Waals surface area contributed by atoms with Gasteiger partial charge in [-0.3, -0.25) is 4.79 Å². The molecule has 4 nitrogen and oxygen atoms in total. The quantitative estimate of drug-likeness (QED) is 0.710. The molecule has 6 heteroatoms. The number of hydrogen-bond donors (Lipinski definition) is 2. The normalized spacial score (nSPS) is 12.5. The van der Waals surface area contributed by atoms with E-state index in [9.17, 15) is 13.6 Å². The number of benzene rings is 2. The Hall–Kier alpha value is -2.73. The third-order valence-electron chi connectivity index (χ3n) is 4.47. The smallest absolute Gasteiger partial charge is 0.224 e. The van der Waals surface area contributed by atoms with Crippen LogP contribution < -0.4 is 5.32 Å². The number of aromatic amines is 1. The molecule has 136 valence electrons. The highest BCUT2D eigenvalue weighted by atomic mass is 19.1. The number of likely N-dealkylation sites (N-methyl/N-ethyl adjacent to an activating group) is 1. The first-order valence-corrected chi connectivity index (χ1v) is 8.39. The fraction of sp³-hybridized carbons (Fsp3) is 0.250. The van der Waals surface area contributed by atoms with Gasteiger partial charge in [0.05, 0.1) is 12.5 Å². The van der Waals surface area contributed by atoms with Gasteiger partial charge < -0.3 is 15.2 Å². The number of nitrogens with zero attached hydrogens (tertiary/aromatic N) is 1. The number of amides is 1. The summed E-state index contributed by atoms with van der Waals surface area (Å²) in [5.41, 5.74) is 1.82. The van der Waals surface area contributed by atoms with Crippen LogP contribution in [0.1, 0.15) is 17.2 Å². The lowest BCUT2D eigenvalue weighted by Crippen LogP contribution is -2.36. The molecule has 0 saturated heterocycles. The maximum atomic E-state index is 14.1. The molecule has 0 aliphatic rings. The van der Waals surface area contributed by atoms with Crippen LogP contribution >= 0.6 is 0 Å². The van der Waals surface area contributed by atoms with Gasteiger partial charge in [-0.1, -0.05) is 24.3 Å². The summed E-state index contributed by atoms with van der Waals surface area (Å²) in [6.45, 7) is 0.117. The van der Waals surface area contributed by atoms with E-state index in [4.69, 9.17) is 0 Å². The average molecular weight is 357 g/mol. The van der Waals surface area contributed by atoms with Crippen molar-refractivity contribution >= 4 is 16.8 Å². The molecule has 0 aliphatic carbocycles. The largest absolute Gasteiger partial charge is 0.361 e. The van der Waals surface area contributed by atoms with Gasteiger partial charge in [0.1, 0.15) is 11.6 Å². The van der Waals surface area contributed by atoms with Crippen LogP contribution in [0.15, 0.2) is 48.7 Å². The minimum atomic E-state index is -0.616. The highest BCUT2D eigenvalue weighted by Gasteiger charge is 2.22. The molecule has 0 radical (unpaired) electrons. The number of H-pyrrole nitrogens is 1. The molecule has 3 aromatic rings. The van der Waals surface area contributed by atoms with E-state index in [1.165, 1.54) is 18.2 Å². The van der Waals surface area contributed by atoms with Crippen LogP contribution in [0.4, 0.5) is 8.78 Å². The Morgan fingerprint density at radius 3 is 2.50 bits per heavy atom. The molecule has 1 aromatic heterocycles. The Kier molecular flexibility index (Phi) is 5.32. The standard InChI is InChI=1S/C20H21F2N3O/c1-25(2)18(20-15(21)7-5-8-16(20)22)12-24-19(26)10-13-11-23-17-9-4-3-6-14(13)17/h3-9,11,18,23H,10,12H2,1-2H3,(H,24,26). The molecule has 3 rings (SSSR count). The number of hydrogen-bond acceptors (Lipinski definition) is 2. The predicted molar refractivity (Wildman–Crippen MR) is 97.8 cm³/mol. The number of carbonyl (C=O) groups is 1. The summed E-state index contributed by atoms with van der Waals surface area (Å²) in [5.74, 6) is -1.43. The van der Waals surface area contributed by atoms with E-state index in [0.717, 1.165) is 16.5 Å². The number of fused-ring (bicyclic) bond motifs is 1. The molecule has 1 amide bonds. The van der Waals surface area contributed by atoms with Crippen molar-refractivity contribution in [3.05, 3.63) is 71.4 Å². The van der Waals surface area contributed by atoms with Crippen LogP contribution in [-0.2, 0) is 11.2 Å². The molecule has 1 atom stereocenters. The minimum absolute atomic E-state index is 0.0371. The van der Waals surface area contributed by atoms with Gasteiger partial charge in [-0.2, -0.15) is 0 Å². The molecule has 2 aromatic carbocycles. The van der Waals surface area contributed by atoms with Gasteiger partial charge in [0, 0.05) is 29.2 Å². The van der Waals surface area contributed by atoms with Crippen molar-refractivity contribution in [2.75, 3.05) is 20.6 Å². The summed E-state index contributed by atoms with van der Waals surface area (Å²) in [5, 5.41) is 3.78. The van der Waals surface area contributed by atoms with Crippen LogP contribution in [0.2, 0.25) is 0 Å². The molecule has 0 aliphatic heterocycles. The molecule has 1 unspecified atom stereocenters. The fourth-order valence-electron chi connectivity index (χ4n) is 3.10. The van der Waals surface area contributed by atoms with E-state index in [-0.39, 0.29) is 24.4 Å². The second kappa shape index (κ2) is 7.66. The van der Waals surface area contributed by atoms with Gasteiger partial charge in [-0.15, -0.1) is 0 Å². The average Bonchev–Trinajstić information content (AvgIpc) is 3.00. The first-order chi connectivity index (χ1) is 12.5. The van der Waals surface area contributed by atoms with E-state index in [2.05, 4.69) is 10.3 Å². The Labute approximate surface area is 150 Å². The van der Waals surface area contributed by atoms with E-state index in [1.54, 1.807) is 19.0 Å². The highest BCUT2D eigenvalue weighted by molar-refractivity contribution is 5.88. The van der Waals surface area contributed by atoms with Crippen LogP contribution in [0.3, 0.4) is 0 Å². The van der Waals surface area contributed by atoms with Gasteiger partial charge in [0.2, 0.25) is 5.91 Å². The van der Waals surface area contributed by atoms with Crippen LogP contribution in [0.25, 0.3) is 10.9 Å². The number of para-hydroxylation sites is 1. The Morgan fingerprint density at radius 1 is 1.12 bits per heavy atom. The lowest BCUT2D eigenvalue weighted by atomic mass is 10.0. The lowest BCUT2D eigenvalue weighted by molar-refractivity contribution is -0.120. The Bertz CT molecular complexity index is 900. The summed E-state index contributed by atoms with van der Waals surface area (Å²) >= 11 is 0. The molecule has 0 saturated carbocycles.